The Bertz CT molecular complexity index is 343. The van der Waals surface area contributed by atoms with E-state index in [1.54, 1.807) is 6.07 Å². The maximum Gasteiger partial charge on any atom is 0.225 e. The molecule has 0 radical (unpaired) electrons. The first-order valence-electron chi connectivity index (χ1n) is 4.73. The quantitative estimate of drug-likeness (QED) is 0.635. The Morgan fingerprint density at radius 1 is 1.40 bits per heavy atom. The lowest BCUT2D eigenvalue weighted by Gasteiger charge is -2.41. The van der Waals surface area contributed by atoms with Gasteiger partial charge in [-0.1, -0.05) is 11.6 Å². The second-order valence-corrected chi connectivity index (χ2v) is 4.49. The number of rotatable bonds is 3. The Kier molecular flexibility index (Phi) is 3.00. The van der Waals surface area contributed by atoms with E-state index in [4.69, 9.17) is 23.2 Å². The van der Waals surface area contributed by atoms with Gasteiger partial charge in [0, 0.05) is 6.07 Å². The third-order valence-corrected chi connectivity index (χ3v) is 3.04. The van der Waals surface area contributed by atoms with Crippen LogP contribution in [0.3, 0.4) is 0 Å². The fourth-order valence-corrected chi connectivity index (χ4v) is 2.06. The predicted octanol–water partition coefficient (Wildman–Crippen LogP) is 2.11. The van der Waals surface area contributed by atoms with Gasteiger partial charge < -0.3 is 10.4 Å². The second kappa shape index (κ2) is 4.12. The lowest BCUT2D eigenvalue weighted by molar-refractivity contribution is 0.144. The van der Waals surface area contributed by atoms with Gasteiger partial charge in [-0.2, -0.15) is 0 Å². The van der Waals surface area contributed by atoms with Crippen LogP contribution in [0.2, 0.25) is 10.4 Å². The first-order chi connectivity index (χ1) is 7.13. The molecule has 15 heavy (non-hydrogen) atoms. The van der Waals surface area contributed by atoms with Crippen LogP contribution in [0.15, 0.2) is 6.07 Å². The molecule has 0 bridgehead atoms. The van der Waals surface area contributed by atoms with Gasteiger partial charge in [0.2, 0.25) is 5.28 Å². The number of aromatic nitrogens is 2. The zero-order valence-corrected chi connectivity index (χ0v) is 9.52. The standard InChI is InChI=1S/C9H11Cl2N3O/c10-6-4-7(13-8(11)12-6)14-9(5-15)2-1-3-9/h4,15H,1-3,5H2,(H,12,13,14). The van der Waals surface area contributed by atoms with E-state index in [2.05, 4.69) is 15.3 Å². The van der Waals surface area contributed by atoms with Crippen LogP contribution >= 0.6 is 23.2 Å². The number of halogens is 2. The maximum atomic E-state index is 9.26. The zero-order valence-electron chi connectivity index (χ0n) is 8.00. The summed E-state index contributed by atoms with van der Waals surface area (Å²) in [5.74, 6) is 0.564. The molecule has 4 nitrogen and oxygen atoms in total. The van der Waals surface area contributed by atoms with Crippen molar-refractivity contribution in [2.75, 3.05) is 11.9 Å². The highest BCUT2D eigenvalue weighted by atomic mass is 35.5. The summed E-state index contributed by atoms with van der Waals surface area (Å²) in [6, 6.07) is 1.60. The van der Waals surface area contributed by atoms with E-state index in [9.17, 15) is 5.11 Å². The molecule has 1 aliphatic rings. The fourth-order valence-electron chi connectivity index (χ4n) is 1.65. The van der Waals surface area contributed by atoms with Crippen molar-refractivity contribution in [2.45, 2.75) is 24.8 Å². The van der Waals surface area contributed by atoms with Crippen LogP contribution in [0, 0.1) is 0 Å². The Labute approximate surface area is 97.6 Å². The van der Waals surface area contributed by atoms with Crippen molar-refractivity contribution >= 4 is 29.0 Å². The van der Waals surface area contributed by atoms with Gasteiger partial charge in [-0.25, -0.2) is 9.97 Å². The summed E-state index contributed by atoms with van der Waals surface area (Å²) < 4.78 is 0. The molecule has 0 spiro atoms. The zero-order chi connectivity index (χ0) is 10.9. The molecule has 6 heteroatoms. The van der Waals surface area contributed by atoms with E-state index >= 15 is 0 Å². The molecule has 0 aliphatic heterocycles. The average Bonchev–Trinajstić information content (AvgIpc) is 2.10. The molecule has 2 rings (SSSR count). The van der Waals surface area contributed by atoms with E-state index in [-0.39, 0.29) is 17.4 Å². The van der Waals surface area contributed by atoms with Gasteiger partial charge in [-0.05, 0) is 30.9 Å². The molecular weight excluding hydrogens is 237 g/mol. The fraction of sp³-hybridized carbons (Fsp3) is 0.556. The van der Waals surface area contributed by atoms with Crippen molar-refractivity contribution in [1.29, 1.82) is 0 Å². The first kappa shape index (κ1) is 10.9. The molecule has 82 valence electrons. The number of aliphatic hydroxyl groups excluding tert-OH is 1. The minimum absolute atomic E-state index is 0.0895. The minimum atomic E-state index is -0.249. The third-order valence-electron chi connectivity index (χ3n) is 2.67. The summed E-state index contributed by atoms with van der Waals surface area (Å²) in [4.78, 5) is 7.75. The van der Waals surface area contributed by atoms with Crippen LogP contribution in [0.1, 0.15) is 19.3 Å². The molecule has 1 aliphatic carbocycles. The number of hydrogen-bond acceptors (Lipinski definition) is 4. The molecule has 1 saturated carbocycles. The van der Waals surface area contributed by atoms with E-state index in [1.807, 2.05) is 0 Å². The first-order valence-corrected chi connectivity index (χ1v) is 5.48. The highest BCUT2D eigenvalue weighted by molar-refractivity contribution is 6.32. The largest absolute Gasteiger partial charge is 0.394 e. The predicted molar refractivity (Wildman–Crippen MR) is 59.3 cm³/mol. The smallest absolute Gasteiger partial charge is 0.225 e. The summed E-state index contributed by atoms with van der Waals surface area (Å²) in [7, 11) is 0. The van der Waals surface area contributed by atoms with Crippen LogP contribution in [0.4, 0.5) is 5.82 Å². The summed E-state index contributed by atoms with van der Waals surface area (Å²) >= 11 is 11.4. The lowest BCUT2D eigenvalue weighted by Crippen LogP contribution is -2.48. The number of nitrogens with one attached hydrogen (secondary N) is 1. The highest BCUT2D eigenvalue weighted by Crippen LogP contribution is 2.34. The molecular formula is C9H11Cl2N3O. The number of aliphatic hydroxyl groups is 1. The van der Waals surface area contributed by atoms with Crippen molar-refractivity contribution in [1.82, 2.24) is 9.97 Å². The average molecular weight is 248 g/mol. The van der Waals surface area contributed by atoms with Crippen molar-refractivity contribution in [3.8, 4) is 0 Å². The van der Waals surface area contributed by atoms with Crippen molar-refractivity contribution < 1.29 is 5.11 Å². The van der Waals surface area contributed by atoms with Gasteiger partial charge >= 0.3 is 0 Å². The van der Waals surface area contributed by atoms with E-state index < -0.39 is 0 Å². The molecule has 2 N–H and O–H groups in total. The number of hydrogen-bond donors (Lipinski definition) is 2. The highest BCUT2D eigenvalue weighted by Gasteiger charge is 2.36. The van der Waals surface area contributed by atoms with Gasteiger partial charge in [0.05, 0.1) is 12.1 Å². The van der Waals surface area contributed by atoms with Gasteiger partial charge in [-0.15, -0.1) is 0 Å². The van der Waals surface area contributed by atoms with Gasteiger partial charge in [0.15, 0.2) is 0 Å². The normalized spacial score (nSPS) is 18.3. The summed E-state index contributed by atoms with van der Waals surface area (Å²) in [6.45, 7) is 0.0895. The molecule has 1 fully saturated rings. The van der Waals surface area contributed by atoms with Crippen molar-refractivity contribution in [3.05, 3.63) is 16.5 Å². The van der Waals surface area contributed by atoms with Gasteiger partial charge in [-0.3, -0.25) is 0 Å². The van der Waals surface area contributed by atoms with E-state index in [1.165, 1.54) is 0 Å². The molecule has 0 saturated heterocycles. The summed E-state index contributed by atoms with van der Waals surface area (Å²) in [5.41, 5.74) is -0.249. The van der Waals surface area contributed by atoms with Crippen LogP contribution in [0.25, 0.3) is 0 Å². The maximum absolute atomic E-state index is 9.26. The molecule has 1 heterocycles. The Hall–Kier alpha value is -0.580. The molecule has 1 aromatic rings. The van der Waals surface area contributed by atoms with Crippen molar-refractivity contribution in [2.24, 2.45) is 0 Å². The van der Waals surface area contributed by atoms with Crippen LogP contribution in [0.5, 0.6) is 0 Å². The van der Waals surface area contributed by atoms with Crippen LogP contribution < -0.4 is 5.32 Å². The number of anilines is 1. The Morgan fingerprint density at radius 2 is 2.13 bits per heavy atom. The van der Waals surface area contributed by atoms with E-state index in [0.29, 0.717) is 11.0 Å². The second-order valence-electron chi connectivity index (χ2n) is 3.76. The van der Waals surface area contributed by atoms with Crippen LogP contribution in [-0.2, 0) is 0 Å². The van der Waals surface area contributed by atoms with E-state index in [0.717, 1.165) is 19.3 Å². The Morgan fingerprint density at radius 3 is 2.60 bits per heavy atom. The van der Waals surface area contributed by atoms with Crippen molar-refractivity contribution in [3.63, 3.8) is 0 Å². The number of nitrogens with zero attached hydrogens (tertiary/aromatic N) is 2. The summed E-state index contributed by atoms with van der Waals surface area (Å²) in [5, 5.41) is 12.8. The molecule has 0 amide bonds. The topological polar surface area (TPSA) is 58.0 Å². The van der Waals surface area contributed by atoms with Crippen LogP contribution in [-0.4, -0.2) is 27.2 Å². The monoisotopic (exact) mass is 247 g/mol. The van der Waals surface area contributed by atoms with Gasteiger partial charge in [0.1, 0.15) is 11.0 Å². The molecule has 0 aromatic carbocycles. The molecule has 1 aromatic heterocycles. The molecule has 0 atom stereocenters. The molecule has 0 unspecified atom stereocenters. The minimum Gasteiger partial charge on any atom is -0.394 e. The third kappa shape index (κ3) is 2.33. The lowest BCUT2D eigenvalue weighted by atomic mass is 9.77. The Balaban J connectivity index is 2.16. The van der Waals surface area contributed by atoms with Gasteiger partial charge in [0.25, 0.3) is 0 Å². The SMILES string of the molecule is OCC1(Nc2cc(Cl)nc(Cl)n2)CCC1. The summed E-state index contributed by atoms with van der Waals surface area (Å²) in [6.07, 6.45) is 2.98.